The molecule has 0 aliphatic carbocycles. The van der Waals surface area contributed by atoms with Gasteiger partial charge in [0.25, 0.3) is 0 Å². The minimum absolute atomic E-state index is 0.326. The number of likely N-dealkylation sites (N-methyl/N-ethyl adjacent to an activating group) is 1. The van der Waals surface area contributed by atoms with Crippen molar-refractivity contribution in [2.45, 2.75) is 44.7 Å². The predicted molar refractivity (Wildman–Crippen MR) is 156 cm³/mol. The molecule has 0 spiro atoms. The molecule has 0 unspecified atom stereocenters. The van der Waals surface area contributed by atoms with Gasteiger partial charge in [-0.3, -0.25) is 5.32 Å². The number of methoxy groups -OCH3 is 1. The fourth-order valence-electron chi connectivity index (χ4n) is 4.84. The Morgan fingerprint density at radius 1 is 1.18 bits per heavy atom. The summed E-state index contributed by atoms with van der Waals surface area (Å²) < 4.78 is 7.38. The number of aromatic amines is 1. The second kappa shape index (κ2) is 13.2. The topological polar surface area (TPSA) is 111 Å². The standard InChI is InChI=1S/C28H34ClN7O2S/c1-5-6-11-23-31-25(29)24(28(30-2,16-17-39-4)27(37)38-3)36(23)18-19-12-14-20(15-13-19)21-9-7-8-10-22(21)26-32-34-35-33-26/h7-10,12-15,30H,5-6,11,16-18H2,1-4H3,(H,32,33,34,35)/t28-/m0/s1. The predicted octanol–water partition coefficient (Wildman–Crippen LogP) is 5.12. The highest BCUT2D eigenvalue weighted by molar-refractivity contribution is 7.98. The molecule has 2 N–H and O–H groups in total. The van der Waals surface area contributed by atoms with Crippen molar-refractivity contribution in [1.82, 2.24) is 35.5 Å². The van der Waals surface area contributed by atoms with Gasteiger partial charge in [0, 0.05) is 18.5 Å². The quantitative estimate of drug-likeness (QED) is 0.214. The number of H-pyrrole nitrogens is 1. The number of hydrogen-bond acceptors (Lipinski definition) is 8. The van der Waals surface area contributed by atoms with Crippen molar-refractivity contribution in [2.75, 3.05) is 26.2 Å². The van der Waals surface area contributed by atoms with Gasteiger partial charge in [0.1, 0.15) is 5.82 Å². The molecule has 1 atom stereocenters. The third-order valence-electron chi connectivity index (χ3n) is 6.92. The summed E-state index contributed by atoms with van der Waals surface area (Å²) in [5, 5.41) is 18.1. The zero-order valence-corrected chi connectivity index (χ0v) is 24.3. The summed E-state index contributed by atoms with van der Waals surface area (Å²) in [6.07, 6.45) is 5.28. The zero-order valence-electron chi connectivity index (χ0n) is 22.7. The van der Waals surface area contributed by atoms with Crippen molar-refractivity contribution in [1.29, 1.82) is 0 Å². The minimum Gasteiger partial charge on any atom is -0.467 e. The van der Waals surface area contributed by atoms with E-state index in [9.17, 15) is 4.79 Å². The van der Waals surface area contributed by atoms with Gasteiger partial charge in [-0.25, -0.2) is 9.78 Å². The van der Waals surface area contributed by atoms with Crippen LogP contribution < -0.4 is 5.32 Å². The summed E-state index contributed by atoms with van der Waals surface area (Å²) in [5.74, 6) is 1.77. The van der Waals surface area contributed by atoms with Crippen LogP contribution in [0.3, 0.4) is 0 Å². The van der Waals surface area contributed by atoms with Crippen molar-refractivity contribution in [3.05, 3.63) is 70.8 Å². The Balaban J connectivity index is 1.75. The number of unbranched alkanes of at least 4 members (excludes halogenated alkanes) is 1. The summed E-state index contributed by atoms with van der Waals surface area (Å²) in [7, 11) is 3.18. The van der Waals surface area contributed by atoms with E-state index in [0.717, 1.165) is 53.1 Å². The van der Waals surface area contributed by atoms with Gasteiger partial charge in [-0.05, 0) is 53.8 Å². The molecule has 9 nitrogen and oxygen atoms in total. The van der Waals surface area contributed by atoms with Gasteiger partial charge >= 0.3 is 5.97 Å². The number of nitrogens with zero attached hydrogens (tertiary/aromatic N) is 5. The molecule has 11 heteroatoms. The maximum Gasteiger partial charge on any atom is 0.332 e. The first kappa shape index (κ1) is 28.8. The lowest BCUT2D eigenvalue weighted by molar-refractivity contribution is -0.149. The molecule has 0 amide bonds. The highest BCUT2D eigenvalue weighted by atomic mass is 35.5. The maximum absolute atomic E-state index is 13.3. The normalized spacial score (nSPS) is 12.8. The lowest BCUT2D eigenvalue weighted by Crippen LogP contribution is -2.50. The molecule has 2 aromatic heterocycles. The number of halogens is 1. The van der Waals surface area contributed by atoms with Crippen molar-refractivity contribution in [3.63, 3.8) is 0 Å². The fraction of sp³-hybridized carbons (Fsp3) is 0.393. The summed E-state index contributed by atoms with van der Waals surface area (Å²) in [6.45, 7) is 2.66. The molecule has 39 heavy (non-hydrogen) atoms. The summed E-state index contributed by atoms with van der Waals surface area (Å²) in [5.41, 5.74) is 3.53. The van der Waals surface area contributed by atoms with Crippen LogP contribution in [-0.4, -0.2) is 62.3 Å². The van der Waals surface area contributed by atoms with Gasteiger partial charge in [0.2, 0.25) is 5.82 Å². The molecule has 2 heterocycles. The van der Waals surface area contributed by atoms with Crippen molar-refractivity contribution >= 4 is 29.3 Å². The van der Waals surface area contributed by atoms with Gasteiger partial charge in [0.05, 0.1) is 12.8 Å². The molecule has 0 saturated carbocycles. The van der Waals surface area contributed by atoms with E-state index in [1.807, 2.05) is 30.5 Å². The average molecular weight is 568 g/mol. The number of benzene rings is 2. The van der Waals surface area contributed by atoms with Crippen LogP contribution in [-0.2, 0) is 28.0 Å². The molecule has 0 radical (unpaired) electrons. The van der Waals surface area contributed by atoms with Crippen LogP contribution in [0.15, 0.2) is 48.5 Å². The number of thioether (sulfide) groups is 1. The summed E-state index contributed by atoms with van der Waals surface area (Å²) in [6, 6.07) is 16.3. The van der Waals surface area contributed by atoms with Crippen LogP contribution in [0.1, 0.15) is 43.3 Å². The highest BCUT2D eigenvalue weighted by Gasteiger charge is 2.45. The smallest absolute Gasteiger partial charge is 0.332 e. The van der Waals surface area contributed by atoms with E-state index >= 15 is 0 Å². The van der Waals surface area contributed by atoms with Crippen molar-refractivity contribution in [3.8, 4) is 22.5 Å². The Morgan fingerprint density at radius 3 is 2.54 bits per heavy atom. The SMILES string of the molecule is CCCCc1nc(Cl)c([C@](CCSC)(NC)C(=O)OC)n1Cc1ccc(-c2ccccc2-c2nn[nH]n2)cc1. The van der Waals surface area contributed by atoms with Crippen LogP contribution >= 0.6 is 23.4 Å². The van der Waals surface area contributed by atoms with Gasteiger partial charge in [-0.2, -0.15) is 17.0 Å². The Kier molecular flexibility index (Phi) is 9.77. The first-order valence-electron chi connectivity index (χ1n) is 12.9. The van der Waals surface area contributed by atoms with Crippen LogP contribution in [0.2, 0.25) is 5.15 Å². The number of carbonyl (C=O) groups excluding carboxylic acids is 1. The number of aromatic nitrogens is 6. The molecule has 0 bridgehead atoms. The highest BCUT2D eigenvalue weighted by Crippen LogP contribution is 2.36. The van der Waals surface area contributed by atoms with Crippen LogP contribution in [0.4, 0.5) is 0 Å². The molecule has 4 rings (SSSR count). The first-order valence-corrected chi connectivity index (χ1v) is 14.7. The van der Waals surface area contributed by atoms with E-state index < -0.39 is 5.54 Å². The molecule has 206 valence electrons. The number of aryl methyl sites for hydroxylation is 1. The first-order chi connectivity index (χ1) is 19.0. The van der Waals surface area contributed by atoms with Crippen LogP contribution in [0.25, 0.3) is 22.5 Å². The van der Waals surface area contributed by atoms with Gasteiger partial charge < -0.3 is 9.30 Å². The molecule has 2 aromatic carbocycles. The van der Waals surface area contributed by atoms with Crippen molar-refractivity contribution in [2.24, 2.45) is 0 Å². The third-order valence-corrected chi connectivity index (χ3v) is 7.80. The largest absolute Gasteiger partial charge is 0.467 e. The number of hydrogen-bond donors (Lipinski definition) is 2. The molecule has 0 fully saturated rings. The second-order valence-electron chi connectivity index (χ2n) is 9.22. The molecular formula is C28H34ClN7O2S. The van der Waals surface area contributed by atoms with Gasteiger partial charge in [-0.15, -0.1) is 10.2 Å². The van der Waals surface area contributed by atoms with Crippen LogP contribution in [0, 0.1) is 0 Å². The molecule has 0 aliphatic rings. The van der Waals surface area contributed by atoms with Crippen LogP contribution in [0.5, 0.6) is 0 Å². The number of tetrazole rings is 1. The van der Waals surface area contributed by atoms with E-state index in [4.69, 9.17) is 21.3 Å². The van der Waals surface area contributed by atoms with E-state index in [-0.39, 0.29) is 5.97 Å². The number of rotatable bonds is 13. The molecule has 0 saturated heterocycles. The molecule has 4 aromatic rings. The number of ether oxygens (including phenoxy) is 1. The number of esters is 1. The fourth-order valence-corrected chi connectivity index (χ4v) is 5.71. The lowest BCUT2D eigenvalue weighted by atomic mass is 9.91. The molecule has 0 aliphatic heterocycles. The third kappa shape index (κ3) is 6.03. The summed E-state index contributed by atoms with van der Waals surface area (Å²) in [4.78, 5) is 18.0. The Labute approximate surface area is 238 Å². The maximum atomic E-state index is 13.3. The van der Waals surface area contributed by atoms with E-state index in [1.165, 1.54) is 7.11 Å². The van der Waals surface area contributed by atoms with Gasteiger partial charge in [0.15, 0.2) is 10.7 Å². The Bertz CT molecular complexity index is 1380. The average Bonchev–Trinajstić information content (AvgIpc) is 3.61. The number of nitrogens with one attached hydrogen (secondary N) is 2. The zero-order chi connectivity index (χ0) is 27.8. The minimum atomic E-state index is -1.12. The monoisotopic (exact) mass is 567 g/mol. The van der Waals surface area contributed by atoms with E-state index in [0.29, 0.717) is 29.6 Å². The number of carbonyl (C=O) groups is 1. The summed E-state index contributed by atoms with van der Waals surface area (Å²) >= 11 is 8.47. The van der Waals surface area contributed by atoms with E-state index in [1.54, 1.807) is 18.8 Å². The number of imidazole rings is 1. The van der Waals surface area contributed by atoms with Crippen molar-refractivity contribution < 1.29 is 9.53 Å². The second-order valence-corrected chi connectivity index (χ2v) is 10.6. The van der Waals surface area contributed by atoms with E-state index in [2.05, 4.69) is 61.7 Å². The lowest BCUT2D eigenvalue weighted by Gasteiger charge is -2.32. The Hall–Kier alpha value is -3.21. The molecular weight excluding hydrogens is 534 g/mol. The van der Waals surface area contributed by atoms with Gasteiger partial charge in [-0.1, -0.05) is 73.5 Å². The Morgan fingerprint density at radius 2 is 1.92 bits per heavy atom.